The first-order valence-corrected chi connectivity index (χ1v) is 5.79. The third kappa shape index (κ3) is 1.67. The predicted octanol–water partition coefficient (Wildman–Crippen LogP) is 1.85. The molecular formula is C14H13N3O2. The second-order valence-corrected chi connectivity index (χ2v) is 4.40. The molecule has 1 aromatic heterocycles. The van der Waals surface area contributed by atoms with Crippen molar-refractivity contribution in [2.24, 2.45) is 0 Å². The number of fused-ring (bicyclic) bond motifs is 3. The van der Waals surface area contributed by atoms with Crippen molar-refractivity contribution in [1.82, 2.24) is 4.98 Å². The zero-order valence-corrected chi connectivity index (χ0v) is 10.4. The number of H-pyrrole nitrogens is 1. The van der Waals surface area contributed by atoms with Crippen LogP contribution in [-0.2, 0) is 0 Å². The maximum Gasteiger partial charge on any atom is 0.256 e. The van der Waals surface area contributed by atoms with E-state index in [9.17, 15) is 4.79 Å². The highest BCUT2D eigenvalue weighted by atomic mass is 16.5. The maximum atomic E-state index is 12.1. The van der Waals surface area contributed by atoms with Crippen LogP contribution in [0.3, 0.4) is 0 Å². The Balaban J connectivity index is 2.54. The van der Waals surface area contributed by atoms with E-state index in [0.29, 0.717) is 28.0 Å². The number of aromatic amines is 1. The smallest absolute Gasteiger partial charge is 0.256 e. The van der Waals surface area contributed by atoms with Crippen LogP contribution >= 0.6 is 0 Å². The Morgan fingerprint density at radius 3 is 2.58 bits per heavy atom. The Kier molecular flexibility index (Phi) is 2.35. The molecule has 2 aromatic carbocycles. The van der Waals surface area contributed by atoms with Gasteiger partial charge in [-0.1, -0.05) is 6.07 Å². The maximum absolute atomic E-state index is 12.1. The summed E-state index contributed by atoms with van der Waals surface area (Å²) in [5.74, 6) is 0.493. The molecule has 0 aliphatic carbocycles. The number of nitrogens with one attached hydrogen (secondary N) is 1. The average molecular weight is 255 g/mol. The molecule has 19 heavy (non-hydrogen) atoms. The Hall–Kier alpha value is -2.69. The normalized spacial score (nSPS) is 11.0. The van der Waals surface area contributed by atoms with Gasteiger partial charge in [0.1, 0.15) is 5.75 Å². The van der Waals surface area contributed by atoms with Gasteiger partial charge in [-0.15, -0.1) is 0 Å². The summed E-state index contributed by atoms with van der Waals surface area (Å²) in [6.45, 7) is 0. The minimum atomic E-state index is -0.189. The van der Waals surface area contributed by atoms with Gasteiger partial charge in [0, 0.05) is 11.1 Å². The third-order valence-electron chi connectivity index (χ3n) is 3.20. The standard InChI is InChI=1S/C14H13N3O2/c1-19-13-6-10-9(5-11(13)16)8-3-2-7(15)4-12(8)17-14(10)18/h2-6H,15-16H2,1H3,(H,17,18). The van der Waals surface area contributed by atoms with Crippen LogP contribution in [0.5, 0.6) is 5.75 Å². The lowest BCUT2D eigenvalue weighted by molar-refractivity contribution is 0.417. The fourth-order valence-electron chi connectivity index (χ4n) is 2.27. The third-order valence-corrected chi connectivity index (χ3v) is 3.20. The molecule has 0 amide bonds. The molecule has 1 heterocycles. The van der Waals surface area contributed by atoms with Gasteiger partial charge in [-0.2, -0.15) is 0 Å². The van der Waals surface area contributed by atoms with Gasteiger partial charge in [-0.25, -0.2) is 0 Å². The monoisotopic (exact) mass is 255 g/mol. The number of nitrogen functional groups attached to an aromatic ring is 2. The number of benzene rings is 2. The van der Waals surface area contributed by atoms with Gasteiger partial charge in [0.2, 0.25) is 0 Å². The van der Waals surface area contributed by atoms with Crippen molar-refractivity contribution >= 4 is 33.1 Å². The fourth-order valence-corrected chi connectivity index (χ4v) is 2.27. The van der Waals surface area contributed by atoms with E-state index >= 15 is 0 Å². The van der Waals surface area contributed by atoms with Crippen LogP contribution in [0.4, 0.5) is 11.4 Å². The molecule has 0 saturated carbocycles. The Labute approximate surface area is 108 Å². The van der Waals surface area contributed by atoms with Crippen molar-refractivity contribution in [2.75, 3.05) is 18.6 Å². The number of ether oxygens (including phenoxy) is 1. The quantitative estimate of drug-likeness (QED) is 0.457. The molecule has 0 spiro atoms. The highest BCUT2D eigenvalue weighted by Crippen LogP contribution is 2.30. The van der Waals surface area contributed by atoms with Gasteiger partial charge in [0.15, 0.2) is 0 Å². The van der Waals surface area contributed by atoms with Gasteiger partial charge in [0.05, 0.1) is 23.7 Å². The minimum Gasteiger partial charge on any atom is -0.495 e. The second-order valence-electron chi connectivity index (χ2n) is 4.40. The number of nitrogens with two attached hydrogens (primary N) is 2. The summed E-state index contributed by atoms with van der Waals surface area (Å²) in [6, 6.07) is 8.80. The molecule has 5 heteroatoms. The molecular weight excluding hydrogens is 242 g/mol. The van der Waals surface area contributed by atoms with Crippen LogP contribution < -0.4 is 21.8 Å². The molecule has 5 nitrogen and oxygen atoms in total. The summed E-state index contributed by atoms with van der Waals surface area (Å²) in [4.78, 5) is 14.9. The van der Waals surface area contributed by atoms with E-state index in [-0.39, 0.29) is 5.56 Å². The summed E-state index contributed by atoms with van der Waals surface area (Å²) >= 11 is 0. The van der Waals surface area contributed by atoms with Crippen molar-refractivity contribution in [3.8, 4) is 5.75 Å². The van der Waals surface area contributed by atoms with Crippen LogP contribution in [0.15, 0.2) is 35.1 Å². The zero-order chi connectivity index (χ0) is 13.6. The lowest BCUT2D eigenvalue weighted by Gasteiger charge is -2.09. The van der Waals surface area contributed by atoms with E-state index in [0.717, 1.165) is 10.8 Å². The molecule has 96 valence electrons. The molecule has 5 N–H and O–H groups in total. The summed E-state index contributed by atoms with van der Waals surface area (Å²) in [6.07, 6.45) is 0. The van der Waals surface area contributed by atoms with Crippen molar-refractivity contribution < 1.29 is 4.74 Å². The highest BCUT2D eigenvalue weighted by Gasteiger charge is 2.09. The van der Waals surface area contributed by atoms with E-state index in [1.807, 2.05) is 6.07 Å². The Morgan fingerprint density at radius 2 is 1.84 bits per heavy atom. The van der Waals surface area contributed by atoms with E-state index in [1.165, 1.54) is 7.11 Å². The molecule has 3 aromatic rings. The van der Waals surface area contributed by atoms with Gasteiger partial charge in [0.25, 0.3) is 5.56 Å². The van der Waals surface area contributed by atoms with Gasteiger partial charge in [-0.05, 0) is 29.7 Å². The Bertz CT molecular complexity index is 853. The SMILES string of the molecule is COc1cc2c(=O)[nH]c3cc(N)ccc3c2cc1N. The van der Waals surface area contributed by atoms with Crippen LogP contribution in [0.2, 0.25) is 0 Å². The summed E-state index contributed by atoms with van der Waals surface area (Å²) in [5.41, 5.74) is 13.2. The number of rotatable bonds is 1. The van der Waals surface area contributed by atoms with Gasteiger partial charge in [-0.3, -0.25) is 4.79 Å². The highest BCUT2D eigenvalue weighted by molar-refractivity contribution is 6.07. The lowest BCUT2D eigenvalue weighted by Crippen LogP contribution is -2.07. The molecule has 0 unspecified atom stereocenters. The molecule has 0 saturated heterocycles. The minimum absolute atomic E-state index is 0.189. The first kappa shape index (κ1) is 11.4. The van der Waals surface area contributed by atoms with E-state index in [4.69, 9.17) is 16.2 Å². The lowest BCUT2D eigenvalue weighted by atomic mass is 10.0. The number of hydrogen-bond acceptors (Lipinski definition) is 4. The largest absolute Gasteiger partial charge is 0.495 e. The van der Waals surface area contributed by atoms with Gasteiger partial charge < -0.3 is 21.2 Å². The summed E-state index contributed by atoms with van der Waals surface area (Å²) in [5, 5.41) is 2.23. The zero-order valence-electron chi connectivity index (χ0n) is 10.4. The first-order valence-electron chi connectivity index (χ1n) is 5.79. The molecule has 0 fully saturated rings. The van der Waals surface area contributed by atoms with Gasteiger partial charge >= 0.3 is 0 Å². The molecule has 0 atom stereocenters. The molecule has 0 aliphatic heterocycles. The van der Waals surface area contributed by atoms with Crippen molar-refractivity contribution in [3.05, 3.63) is 40.7 Å². The number of anilines is 2. The van der Waals surface area contributed by atoms with Crippen LogP contribution in [0.1, 0.15) is 0 Å². The number of hydrogen-bond donors (Lipinski definition) is 3. The van der Waals surface area contributed by atoms with E-state index < -0.39 is 0 Å². The molecule has 0 bridgehead atoms. The van der Waals surface area contributed by atoms with Crippen molar-refractivity contribution in [3.63, 3.8) is 0 Å². The molecule has 0 radical (unpaired) electrons. The van der Waals surface area contributed by atoms with E-state index in [2.05, 4.69) is 4.98 Å². The van der Waals surface area contributed by atoms with Crippen LogP contribution in [0.25, 0.3) is 21.7 Å². The number of methoxy groups -OCH3 is 1. The van der Waals surface area contributed by atoms with Crippen LogP contribution in [0, 0.1) is 0 Å². The number of aromatic nitrogens is 1. The predicted molar refractivity (Wildman–Crippen MR) is 77.5 cm³/mol. The topological polar surface area (TPSA) is 94.1 Å². The molecule has 0 aliphatic rings. The fraction of sp³-hybridized carbons (Fsp3) is 0.0714. The van der Waals surface area contributed by atoms with Crippen LogP contribution in [-0.4, -0.2) is 12.1 Å². The average Bonchev–Trinajstić information content (AvgIpc) is 2.38. The second kappa shape index (κ2) is 3.91. The molecule has 3 rings (SSSR count). The van der Waals surface area contributed by atoms with E-state index in [1.54, 1.807) is 24.3 Å². The summed E-state index contributed by atoms with van der Waals surface area (Å²) in [7, 11) is 1.52. The first-order chi connectivity index (χ1) is 9.10. The Morgan fingerprint density at radius 1 is 1.05 bits per heavy atom. The van der Waals surface area contributed by atoms with Crippen molar-refractivity contribution in [2.45, 2.75) is 0 Å². The van der Waals surface area contributed by atoms with Crippen molar-refractivity contribution in [1.29, 1.82) is 0 Å². The number of pyridine rings is 1. The summed E-state index contributed by atoms with van der Waals surface area (Å²) < 4.78 is 5.14.